The summed E-state index contributed by atoms with van der Waals surface area (Å²) in [5.74, 6) is 0.635. The van der Waals surface area contributed by atoms with E-state index in [9.17, 15) is 18.5 Å². The lowest BCUT2D eigenvalue weighted by molar-refractivity contribution is -0.149. The molecule has 0 N–H and O–H groups in total. The highest BCUT2D eigenvalue weighted by Gasteiger charge is 2.26. The maximum absolute atomic E-state index is 11.7. The van der Waals surface area contributed by atoms with Crippen molar-refractivity contribution in [2.75, 3.05) is 45.9 Å². The Morgan fingerprint density at radius 2 is 1.61 bits per heavy atom. The van der Waals surface area contributed by atoms with E-state index in [0.717, 1.165) is 49.5 Å². The van der Waals surface area contributed by atoms with E-state index in [1.807, 2.05) is 57.2 Å². The molecule has 11 nitrogen and oxygen atoms in total. The summed E-state index contributed by atoms with van der Waals surface area (Å²) in [7, 11) is -3.52. The highest BCUT2D eigenvalue weighted by Crippen LogP contribution is 2.38. The van der Waals surface area contributed by atoms with Crippen LogP contribution >= 0.6 is 11.6 Å². The zero-order valence-corrected chi connectivity index (χ0v) is 30.3. The van der Waals surface area contributed by atoms with E-state index in [1.54, 1.807) is 6.07 Å². The number of sulfone groups is 1. The average Bonchev–Trinajstić information content (AvgIpc) is 3.08. The lowest BCUT2D eigenvalue weighted by Crippen LogP contribution is -2.19. The molecule has 2 aromatic carbocycles. The van der Waals surface area contributed by atoms with Gasteiger partial charge < -0.3 is 23.7 Å². The summed E-state index contributed by atoms with van der Waals surface area (Å²) in [6.45, 7) is 8.67. The number of rotatable bonds is 22. The van der Waals surface area contributed by atoms with E-state index in [2.05, 4.69) is 16.0 Å². The normalized spacial score (nSPS) is 11.6. The Morgan fingerprint density at radius 3 is 2.33 bits per heavy atom. The van der Waals surface area contributed by atoms with Gasteiger partial charge in [0.25, 0.3) is 0 Å². The minimum atomic E-state index is -3.52. The number of unbranched alkanes of at least 4 members (excludes halogenated alkanes) is 3. The van der Waals surface area contributed by atoms with E-state index in [4.69, 9.17) is 35.3 Å². The van der Waals surface area contributed by atoms with Gasteiger partial charge in [0.1, 0.15) is 25.0 Å². The minimum Gasteiger partial charge on any atom is -0.491 e. The summed E-state index contributed by atoms with van der Waals surface area (Å²) >= 11 is 6.65. The smallest absolute Gasteiger partial charge is 0.332 e. The molecular formula is C36H46ClN3O8S. The number of ether oxygens (including phenoxy) is 5. The number of carbonyl (C=O) groups excluding carboxylic acids is 1. The Hall–Kier alpha value is -3.76. The van der Waals surface area contributed by atoms with Crippen LogP contribution in [0.5, 0.6) is 11.5 Å². The zero-order chi connectivity index (χ0) is 35.7. The standard InChI is InChI=1S/C36H46ClN3O8S/c1-5-6-20-46-33(41)26-45-19-10-18-44-17-8-7-9-21-47-34-27(24-38)22-29(23-32(34)37)36(2,3)28-11-13-31(14-12-28)48-25-30-15-16-39-35(40-30)49(4,42)43/h11-16,22-23H,5-10,17-21,25-26H2,1-4H3. The van der Waals surface area contributed by atoms with Crippen LogP contribution in [0.15, 0.2) is 53.8 Å². The number of hydrogen-bond acceptors (Lipinski definition) is 11. The van der Waals surface area contributed by atoms with E-state index >= 15 is 0 Å². The van der Waals surface area contributed by atoms with Crippen molar-refractivity contribution in [2.24, 2.45) is 0 Å². The highest BCUT2D eigenvalue weighted by atomic mass is 35.5. The minimum absolute atomic E-state index is 0.0290. The number of nitrogens with zero attached hydrogens (tertiary/aromatic N) is 3. The predicted octanol–water partition coefficient (Wildman–Crippen LogP) is 6.63. The fourth-order valence-electron chi connectivity index (χ4n) is 4.66. The molecular weight excluding hydrogens is 670 g/mol. The fourth-order valence-corrected chi connectivity index (χ4v) is 5.47. The van der Waals surface area contributed by atoms with Gasteiger partial charge in [-0.2, -0.15) is 5.26 Å². The molecule has 0 bridgehead atoms. The van der Waals surface area contributed by atoms with Gasteiger partial charge in [0.15, 0.2) is 5.75 Å². The first kappa shape index (κ1) is 39.7. The average molecular weight is 716 g/mol. The lowest BCUT2D eigenvalue weighted by atomic mass is 9.77. The Balaban J connectivity index is 1.41. The third-order valence-electron chi connectivity index (χ3n) is 7.61. The van der Waals surface area contributed by atoms with Gasteiger partial charge >= 0.3 is 5.97 Å². The Kier molecular flexibility index (Phi) is 16.2. The van der Waals surface area contributed by atoms with Crippen LogP contribution in [0.25, 0.3) is 0 Å². The van der Waals surface area contributed by atoms with Gasteiger partial charge in [-0.15, -0.1) is 0 Å². The SMILES string of the molecule is CCCCOC(=O)COCCCOCCCCCOc1c(Cl)cc(C(C)(C)c2ccc(OCc3ccnc(S(C)(=O)=O)n3)cc2)cc1C#N. The van der Waals surface area contributed by atoms with Gasteiger partial charge in [-0.25, -0.2) is 23.2 Å². The van der Waals surface area contributed by atoms with E-state index in [-0.39, 0.29) is 24.3 Å². The number of esters is 1. The van der Waals surface area contributed by atoms with Crippen molar-refractivity contribution >= 4 is 27.4 Å². The number of carbonyl (C=O) groups is 1. The molecule has 266 valence electrons. The molecule has 0 aliphatic rings. The van der Waals surface area contributed by atoms with Crippen LogP contribution < -0.4 is 9.47 Å². The summed E-state index contributed by atoms with van der Waals surface area (Å²) in [4.78, 5) is 19.3. The summed E-state index contributed by atoms with van der Waals surface area (Å²) in [5.41, 5.74) is 2.16. The van der Waals surface area contributed by atoms with Crippen LogP contribution in [0.4, 0.5) is 0 Å². The first-order valence-electron chi connectivity index (χ1n) is 16.4. The molecule has 0 saturated carbocycles. The molecule has 0 radical (unpaired) electrons. The maximum atomic E-state index is 11.7. The van der Waals surface area contributed by atoms with Crippen molar-refractivity contribution in [3.05, 3.63) is 76.1 Å². The molecule has 13 heteroatoms. The molecule has 0 aliphatic heterocycles. The van der Waals surface area contributed by atoms with Gasteiger partial charge in [-0.1, -0.05) is 50.9 Å². The van der Waals surface area contributed by atoms with Gasteiger partial charge in [0.2, 0.25) is 15.0 Å². The van der Waals surface area contributed by atoms with Crippen molar-refractivity contribution in [1.29, 1.82) is 5.26 Å². The number of benzene rings is 2. The number of aromatic nitrogens is 2. The second-order valence-electron chi connectivity index (χ2n) is 12.0. The molecule has 0 spiro atoms. The molecule has 1 aromatic heterocycles. The van der Waals surface area contributed by atoms with Crippen LogP contribution in [0.2, 0.25) is 5.02 Å². The van der Waals surface area contributed by atoms with Crippen LogP contribution in [0.3, 0.4) is 0 Å². The Morgan fingerprint density at radius 1 is 0.898 bits per heavy atom. The first-order valence-corrected chi connectivity index (χ1v) is 18.7. The van der Waals surface area contributed by atoms with Crippen LogP contribution in [0.1, 0.15) is 81.7 Å². The van der Waals surface area contributed by atoms with Crippen LogP contribution in [-0.4, -0.2) is 70.3 Å². The van der Waals surface area contributed by atoms with Gasteiger partial charge in [0, 0.05) is 37.7 Å². The molecule has 0 saturated heterocycles. The van der Waals surface area contributed by atoms with E-state index in [1.165, 1.54) is 6.20 Å². The van der Waals surface area contributed by atoms with Crippen LogP contribution in [0, 0.1) is 11.3 Å². The van der Waals surface area contributed by atoms with Crippen molar-refractivity contribution in [2.45, 2.75) is 76.5 Å². The molecule has 0 aliphatic carbocycles. The number of nitriles is 1. The molecule has 3 aromatic rings. The first-order chi connectivity index (χ1) is 23.5. The Bertz CT molecular complexity index is 1640. The summed E-state index contributed by atoms with van der Waals surface area (Å²) in [5, 5.41) is 10.0. The zero-order valence-electron chi connectivity index (χ0n) is 28.7. The predicted molar refractivity (Wildman–Crippen MR) is 186 cm³/mol. The second-order valence-corrected chi connectivity index (χ2v) is 14.3. The van der Waals surface area contributed by atoms with E-state index in [0.29, 0.717) is 67.2 Å². The topological polar surface area (TPSA) is 147 Å². The molecule has 3 rings (SSSR count). The molecule has 0 amide bonds. The Labute approximate surface area is 294 Å². The third kappa shape index (κ3) is 13.2. The van der Waals surface area contributed by atoms with Gasteiger partial charge in [-0.3, -0.25) is 0 Å². The van der Waals surface area contributed by atoms with Gasteiger partial charge in [-0.05, 0) is 73.6 Å². The van der Waals surface area contributed by atoms with Gasteiger partial charge in [0.05, 0.1) is 29.5 Å². The quantitative estimate of drug-likeness (QED) is 0.0628. The van der Waals surface area contributed by atoms with Crippen molar-refractivity contribution < 1.29 is 36.9 Å². The van der Waals surface area contributed by atoms with Crippen LogP contribution in [-0.2, 0) is 40.9 Å². The summed E-state index contributed by atoms with van der Waals surface area (Å²) in [6.07, 6.45) is 7.54. The second kappa shape index (κ2) is 20.0. The number of halogens is 1. The third-order valence-corrected chi connectivity index (χ3v) is 8.75. The monoisotopic (exact) mass is 715 g/mol. The molecule has 1 heterocycles. The number of hydrogen-bond donors (Lipinski definition) is 0. The summed E-state index contributed by atoms with van der Waals surface area (Å²) in [6, 6.07) is 15.0. The largest absolute Gasteiger partial charge is 0.491 e. The fraction of sp³-hybridized carbons (Fsp3) is 0.500. The van der Waals surface area contributed by atoms with Crippen molar-refractivity contribution in [3.63, 3.8) is 0 Å². The van der Waals surface area contributed by atoms with E-state index < -0.39 is 15.3 Å². The molecule has 0 atom stereocenters. The van der Waals surface area contributed by atoms with Crippen molar-refractivity contribution in [1.82, 2.24) is 9.97 Å². The molecule has 0 unspecified atom stereocenters. The highest BCUT2D eigenvalue weighted by molar-refractivity contribution is 7.90. The van der Waals surface area contributed by atoms with Crippen molar-refractivity contribution in [3.8, 4) is 17.6 Å². The summed E-state index contributed by atoms with van der Waals surface area (Å²) < 4.78 is 51.2. The maximum Gasteiger partial charge on any atom is 0.332 e. The molecule has 0 fully saturated rings. The molecule has 49 heavy (non-hydrogen) atoms. The lowest BCUT2D eigenvalue weighted by Gasteiger charge is -2.27.